The monoisotopic (exact) mass is 372 g/mol. The largest absolute Gasteiger partial charge is 0.357 e. The molecule has 2 aromatic rings. The summed E-state index contributed by atoms with van der Waals surface area (Å²) in [6, 6.07) is 9.82. The van der Waals surface area contributed by atoms with Crippen LogP contribution in [-0.4, -0.2) is 60.1 Å². The first kappa shape index (κ1) is 18.5. The van der Waals surface area contributed by atoms with Crippen LogP contribution in [0.25, 0.3) is 0 Å². The second kappa shape index (κ2) is 9.38. The molecule has 1 N–H and O–H groups in total. The fraction of sp³-hybridized carbons (Fsp3) is 0.421. The Labute approximate surface area is 159 Å². The van der Waals surface area contributed by atoms with E-state index in [9.17, 15) is 0 Å². The van der Waals surface area contributed by atoms with Gasteiger partial charge in [-0.15, -0.1) is 0 Å². The van der Waals surface area contributed by atoms with E-state index in [2.05, 4.69) is 38.1 Å². The minimum absolute atomic E-state index is 0.741. The number of hydrogen-bond acceptors (Lipinski definition) is 4. The van der Waals surface area contributed by atoms with Crippen LogP contribution in [0.3, 0.4) is 0 Å². The number of halogens is 1. The van der Waals surface area contributed by atoms with Crippen molar-refractivity contribution in [2.75, 3.05) is 44.2 Å². The average molecular weight is 373 g/mol. The van der Waals surface area contributed by atoms with Crippen molar-refractivity contribution < 1.29 is 0 Å². The van der Waals surface area contributed by atoms with Crippen LogP contribution in [0.1, 0.15) is 12.5 Å². The average Bonchev–Trinajstić information content (AvgIpc) is 2.68. The van der Waals surface area contributed by atoms with Gasteiger partial charge in [0.05, 0.1) is 0 Å². The molecule has 0 spiro atoms. The standard InChI is InChI=1S/C19H25ClN6/c1-2-21-18(24-10-7-16-5-3-6-17(20)15-16)25-11-13-26(14-12-25)19-22-8-4-9-23-19/h3-6,8-9,15H,2,7,10-14H2,1H3,(H,21,24). The van der Waals surface area contributed by atoms with Crippen molar-refractivity contribution in [3.8, 4) is 0 Å². The number of guanidine groups is 1. The van der Waals surface area contributed by atoms with E-state index in [-0.39, 0.29) is 0 Å². The summed E-state index contributed by atoms with van der Waals surface area (Å²) in [7, 11) is 0. The second-order valence-corrected chi connectivity index (χ2v) is 6.57. The maximum Gasteiger partial charge on any atom is 0.225 e. The molecule has 1 aromatic carbocycles. The van der Waals surface area contributed by atoms with Gasteiger partial charge in [0, 0.05) is 56.7 Å². The van der Waals surface area contributed by atoms with Gasteiger partial charge in [0.2, 0.25) is 5.95 Å². The highest BCUT2D eigenvalue weighted by Gasteiger charge is 2.20. The molecule has 1 aromatic heterocycles. The summed E-state index contributed by atoms with van der Waals surface area (Å²) >= 11 is 6.05. The summed E-state index contributed by atoms with van der Waals surface area (Å²) in [5.74, 6) is 1.78. The van der Waals surface area contributed by atoms with Crippen molar-refractivity contribution in [2.45, 2.75) is 13.3 Å². The number of hydrogen-bond donors (Lipinski definition) is 1. The molecule has 6 nitrogen and oxygen atoms in total. The molecule has 1 fully saturated rings. The fourth-order valence-corrected chi connectivity index (χ4v) is 3.19. The van der Waals surface area contributed by atoms with E-state index in [1.54, 1.807) is 12.4 Å². The Morgan fingerprint density at radius 3 is 2.62 bits per heavy atom. The smallest absolute Gasteiger partial charge is 0.225 e. The Hall–Kier alpha value is -2.34. The first-order chi connectivity index (χ1) is 12.8. The Kier molecular flexibility index (Phi) is 6.66. The molecule has 0 bridgehead atoms. The molecule has 0 aliphatic carbocycles. The van der Waals surface area contributed by atoms with E-state index in [0.29, 0.717) is 0 Å². The van der Waals surface area contributed by atoms with E-state index < -0.39 is 0 Å². The SMILES string of the molecule is CCNC(=NCCc1cccc(Cl)c1)N1CCN(c2ncccn2)CC1. The molecule has 1 aliphatic heterocycles. The molecule has 0 unspecified atom stereocenters. The van der Waals surface area contributed by atoms with Crippen molar-refractivity contribution >= 4 is 23.5 Å². The van der Waals surface area contributed by atoms with Gasteiger partial charge in [-0.3, -0.25) is 4.99 Å². The van der Waals surface area contributed by atoms with Gasteiger partial charge in [-0.25, -0.2) is 9.97 Å². The van der Waals surface area contributed by atoms with Gasteiger partial charge in [-0.2, -0.15) is 0 Å². The lowest BCUT2D eigenvalue weighted by Gasteiger charge is -2.36. The number of benzene rings is 1. The lowest BCUT2D eigenvalue weighted by atomic mass is 10.1. The zero-order chi connectivity index (χ0) is 18.2. The summed E-state index contributed by atoms with van der Waals surface area (Å²) in [6.45, 7) is 7.29. The van der Waals surface area contributed by atoms with Crippen LogP contribution in [-0.2, 0) is 6.42 Å². The van der Waals surface area contributed by atoms with Crippen LogP contribution in [0.2, 0.25) is 5.02 Å². The Morgan fingerprint density at radius 1 is 1.15 bits per heavy atom. The van der Waals surface area contributed by atoms with Crippen molar-refractivity contribution in [3.05, 3.63) is 53.3 Å². The van der Waals surface area contributed by atoms with Gasteiger partial charge < -0.3 is 15.1 Å². The molecule has 0 radical (unpaired) electrons. The third-order valence-electron chi connectivity index (χ3n) is 4.30. The number of anilines is 1. The number of piperazine rings is 1. The number of aliphatic imine (C=N–C) groups is 1. The topological polar surface area (TPSA) is 56.7 Å². The highest BCUT2D eigenvalue weighted by Crippen LogP contribution is 2.12. The first-order valence-electron chi connectivity index (χ1n) is 9.06. The van der Waals surface area contributed by atoms with Gasteiger partial charge in [0.15, 0.2) is 5.96 Å². The third kappa shape index (κ3) is 5.08. The number of nitrogens with one attached hydrogen (secondary N) is 1. The zero-order valence-corrected chi connectivity index (χ0v) is 15.9. The first-order valence-corrected chi connectivity index (χ1v) is 9.43. The molecule has 0 saturated carbocycles. The molecule has 0 atom stereocenters. The number of nitrogens with zero attached hydrogens (tertiary/aromatic N) is 5. The maximum absolute atomic E-state index is 6.05. The molecular weight excluding hydrogens is 348 g/mol. The van der Waals surface area contributed by atoms with Crippen LogP contribution in [0.5, 0.6) is 0 Å². The highest BCUT2D eigenvalue weighted by atomic mass is 35.5. The van der Waals surface area contributed by atoms with E-state index in [1.165, 1.54) is 5.56 Å². The lowest BCUT2D eigenvalue weighted by Crippen LogP contribution is -2.53. The summed E-state index contributed by atoms with van der Waals surface area (Å²) < 4.78 is 0. The normalized spacial score (nSPS) is 15.2. The zero-order valence-electron chi connectivity index (χ0n) is 15.1. The van der Waals surface area contributed by atoms with Crippen LogP contribution >= 0.6 is 11.6 Å². The lowest BCUT2D eigenvalue weighted by molar-refractivity contribution is 0.370. The predicted molar refractivity (Wildman–Crippen MR) is 107 cm³/mol. The second-order valence-electron chi connectivity index (χ2n) is 6.14. The van der Waals surface area contributed by atoms with Crippen molar-refractivity contribution in [1.29, 1.82) is 0 Å². The van der Waals surface area contributed by atoms with Crippen molar-refractivity contribution in [3.63, 3.8) is 0 Å². The van der Waals surface area contributed by atoms with Crippen molar-refractivity contribution in [2.24, 2.45) is 4.99 Å². The highest BCUT2D eigenvalue weighted by molar-refractivity contribution is 6.30. The summed E-state index contributed by atoms with van der Waals surface area (Å²) in [4.78, 5) is 18.0. The van der Waals surface area contributed by atoms with Crippen LogP contribution in [0, 0.1) is 0 Å². The van der Waals surface area contributed by atoms with Crippen LogP contribution < -0.4 is 10.2 Å². The molecule has 3 rings (SSSR count). The maximum atomic E-state index is 6.05. The Morgan fingerprint density at radius 2 is 1.92 bits per heavy atom. The molecule has 26 heavy (non-hydrogen) atoms. The molecular formula is C19H25ClN6. The molecule has 7 heteroatoms. The Bertz CT molecular complexity index is 713. The minimum atomic E-state index is 0.741. The predicted octanol–water partition coefficient (Wildman–Crippen LogP) is 2.46. The van der Waals surface area contributed by atoms with Crippen molar-refractivity contribution in [1.82, 2.24) is 20.2 Å². The van der Waals surface area contributed by atoms with E-state index in [0.717, 1.165) is 62.6 Å². The van der Waals surface area contributed by atoms with Gasteiger partial charge in [-0.1, -0.05) is 23.7 Å². The summed E-state index contributed by atoms with van der Waals surface area (Å²) in [6.07, 6.45) is 4.46. The van der Waals surface area contributed by atoms with Gasteiger partial charge in [-0.05, 0) is 37.1 Å². The van der Waals surface area contributed by atoms with Gasteiger partial charge in [0.1, 0.15) is 0 Å². The third-order valence-corrected chi connectivity index (χ3v) is 4.54. The number of aromatic nitrogens is 2. The van der Waals surface area contributed by atoms with Gasteiger partial charge >= 0.3 is 0 Å². The van der Waals surface area contributed by atoms with E-state index in [1.807, 2.05) is 24.3 Å². The van der Waals surface area contributed by atoms with E-state index >= 15 is 0 Å². The minimum Gasteiger partial charge on any atom is -0.357 e. The summed E-state index contributed by atoms with van der Waals surface area (Å²) in [5.41, 5.74) is 1.21. The van der Waals surface area contributed by atoms with Gasteiger partial charge in [0.25, 0.3) is 0 Å². The molecule has 1 aliphatic rings. The molecule has 1 saturated heterocycles. The molecule has 0 amide bonds. The van der Waals surface area contributed by atoms with Crippen LogP contribution in [0.15, 0.2) is 47.7 Å². The molecule has 2 heterocycles. The fourth-order valence-electron chi connectivity index (χ4n) is 2.98. The van der Waals surface area contributed by atoms with Crippen LogP contribution in [0.4, 0.5) is 5.95 Å². The van der Waals surface area contributed by atoms with E-state index in [4.69, 9.17) is 16.6 Å². The molecule has 138 valence electrons. The summed E-state index contributed by atoms with van der Waals surface area (Å²) in [5, 5.41) is 4.18. The Balaban J connectivity index is 1.56. The quantitative estimate of drug-likeness (QED) is 0.645. The number of rotatable bonds is 5.